The number of carbonyl (C=O) groups is 1. The van der Waals surface area contributed by atoms with E-state index in [9.17, 15) is 4.79 Å². The summed E-state index contributed by atoms with van der Waals surface area (Å²) in [5.41, 5.74) is 1.03. The molecule has 1 aromatic rings. The first-order valence-corrected chi connectivity index (χ1v) is 7.81. The van der Waals surface area contributed by atoms with Gasteiger partial charge in [-0.2, -0.15) is 0 Å². The van der Waals surface area contributed by atoms with Gasteiger partial charge >= 0.3 is 0 Å². The largest absolute Gasteiger partial charge is 0.326 e. The fourth-order valence-corrected chi connectivity index (χ4v) is 3.40. The molecule has 0 radical (unpaired) electrons. The third kappa shape index (κ3) is 2.22. The Morgan fingerprint density at radius 3 is 2.28 bits per heavy atom. The molecule has 0 atom stereocenters. The number of benzene rings is 1. The number of rotatable bonds is 2. The zero-order valence-electron chi connectivity index (χ0n) is 11.0. The number of amides is 1. The molecule has 1 fully saturated rings. The van der Waals surface area contributed by atoms with E-state index >= 15 is 0 Å². The Balaban J connectivity index is 2.12. The minimum absolute atomic E-state index is 0.0829. The van der Waals surface area contributed by atoms with E-state index in [-0.39, 0.29) is 22.7 Å². The summed E-state index contributed by atoms with van der Waals surface area (Å²) in [4.78, 5) is 12.3. The summed E-state index contributed by atoms with van der Waals surface area (Å²) < 4.78 is 2.15. The van der Waals surface area contributed by atoms with E-state index < -0.39 is 0 Å². The Kier molecular flexibility index (Phi) is 3.56. The topological polar surface area (TPSA) is 29.1 Å². The molecule has 1 aromatic carbocycles. The molecule has 0 aromatic heterocycles. The van der Waals surface area contributed by atoms with Crippen molar-refractivity contribution >= 4 is 50.1 Å². The highest BCUT2D eigenvalue weighted by molar-refractivity contribution is 14.1. The summed E-state index contributed by atoms with van der Waals surface area (Å²) >= 11 is 5.70. The van der Waals surface area contributed by atoms with Crippen LogP contribution in [0.1, 0.15) is 27.7 Å². The number of nitrogens with one attached hydrogen (secondary N) is 1. The zero-order valence-corrected chi connectivity index (χ0v) is 14.7. The zero-order chi connectivity index (χ0) is 13.7. The van der Waals surface area contributed by atoms with Crippen LogP contribution in [0.15, 0.2) is 22.7 Å². The second-order valence-corrected chi connectivity index (χ2v) is 8.01. The van der Waals surface area contributed by atoms with Crippen molar-refractivity contribution in [2.24, 2.45) is 16.7 Å². The first-order valence-electron chi connectivity index (χ1n) is 5.94. The maximum atomic E-state index is 12.3. The van der Waals surface area contributed by atoms with Gasteiger partial charge in [-0.15, -0.1) is 0 Å². The van der Waals surface area contributed by atoms with E-state index in [1.807, 2.05) is 18.2 Å². The third-order valence-electron chi connectivity index (χ3n) is 4.47. The molecule has 0 spiro atoms. The normalized spacial score (nSPS) is 20.6. The van der Waals surface area contributed by atoms with Crippen LogP contribution in [-0.2, 0) is 4.79 Å². The quantitative estimate of drug-likeness (QED) is 0.690. The van der Waals surface area contributed by atoms with Crippen LogP contribution < -0.4 is 5.32 Å². The SMILES string of the molecule is CC1(C)C(C(=O)Nc2ccc(Br)c(I)c2)C1(C)C. The molecule has 1 aliphatic carbocycles. The molecular formula is C14H17BrINO. The molecule has 4 heteroatoms. The molecule has 18 heavy (non-hydrogen) atoms. The monoisotopic (exact) mass is 421 g/mol. The Hall–Kier alpha value is -0.100. The molecule has 1 saturated carbocycles. The van der Waals surface area contributed by atoms with Crippen molar-refractivity contribution in [2.45, 2.75) is 27.7 Å². The molecule has 0 saturated heterocycles. The van der Waals surface area contributed by atoms with Gasteiger partial charge < -0.3 is 5.32 Å². The summed E-state index contributed by atoms with van der Waals surface area (Å²) in [6.07, 6.45) is 0. The van der Waals surface area contributed by atoms with Crippen molar-refractivity contribution in [2.75, 3.05) is 5.32 Å². The fraction of sp³-hybridized carbons (Fsp3) is 0.500. The van der Waals surface area contributed by atoms with Crippen molar-refractivity contribution in [1.82, 2.24) is 0 Å². The van der Waals surface area contributed by atoms with E-state index in [0.717, 1.165) is 13.7 Å². The lowest BCUT2D eigenvalue weighted by Gasteiger charge is -2.07. The summed E-state index contributed by atoms with van der Waals surface area (Å²) in [7, 11) is 0. The molecule has 2 nitrogen and oxygen atoms in total. The molecule has 98 valence electrons. The highest BCUT2D eigenvalue weighted by Crippen LogP contribution is 2.68. The summed E-state index contributed by atoms with van der Waals surface area (Å²) in [5, 5.41) is 3.02. The van der Waals surface area contributed by atoms with Gasteiger partial charge in [0.05, 0.1) is 0 Å². The van der Waals surface area contributed by atoms with Gasteiger partial charge in [-0.3, -0.25) is 4.79 Å². The highest BCUT2D eigenvalue weighted by atomic mass is 127. The Morgan fingerprint density at radius 2 is 1.83 bits per heavy atom. The van der Waals surface area contributed by atoms with E-state index in [0.29, 0.717) is 0 Å². The molecule has 1 aliphatic rings. The first-order chi connectivity index (χ1) is 8.18. The van der Waals surface area contributed by atoms with Crippen LogP contribution in [0, 0.1) is 20.3 Å². The van der Waals surface area contributed by atoms with Gasteiger partial charge in [0.25, 0.3) is 0 Å². The van der Waals surface area contributed by atoms with Gasteiger partial charge in [0, 0.05) is 19.6 Å². The van der Waals surface area contributed by atoms with E-state index in [1.54, 1.807) is 0 Å². The lowest BCUT2D eigenvalue weighted by Crippen LogP contribution is -2.17. The maximum Gasteiger partial charge on any atom is 0.228 e. The van der Waals surface area contributed by atoms with Crippen LogP contribution in [0.5, 0.6) is 0 Å². The average Bonchev–Trinajstić information content (AvgIpc) is 2.63. The predicted octanol–water partition coefficient (Wildman–Crippen LogP) is 4.67. The highest BCUT2D eigenvalue weighted by Gasteiger charge is 2.68. The average molecular weight is 422 g/mol. The molecular weight excluding hydrogens is 405 g/mol. The molecule has 0 unspecified atom stereocenters. The molecule has 0 bridgehead atoms. The Labute approximate surface area is 130 Å². The smallest absolute Gasteiger partial charge is 0.228 e. The molecule has 0 aliphatic heterocycles. The van der Waals surface area contributed by atoms with E-state index in [4.69, 9.17) is 0 Å². The standard InChI is InChI=1S/C14H17BrINO/c1-13(2)11(14(13,3)4)12(18)17-8-5-6-9(15)10(16)7-8/h5-7,11H,1-4H3,(H,17,18). The minimum Gasteiger partial charge on any atom is -0.326 e. The van der Waals surface area contributed by atoms with E-state index in [1.165, 1.54) is 0 Å². The van der Waals surface area contributed by atoms with Crippen LogP contribution in [0.2, 0.25) is 0 Å². The van der Waals surface area contributed by atoms with Gasteiger partial charge in [-0.1, -0.05) is 27.7 Å². The van der Waals surface area contributed by atoms with Gasteiger partial charge in [0.1, 0.15) is 0 Å². The summed E-state index contributed by atoms with van der Waals surface area (Å²) in [5.74, 6) is 0.217. The number of anilines is 1. The van der Waals surface area contributed by atoms with Crippen LogP contribution >= 0.6 is 38.5 Å². The van der Waals surface area contributed by atoms with Crippen molar-refractivity contribution in [3.05, 3.63) is 26.2 Å². The van der Waals surface area contributed by atoms with Crippen LogP contribution in [-0.4, -0.2) is 5.91 Å². The van der Waals surface area contributed by atoms with Gasteiger partial charge in [-0.05, 0) is 67.5 Å². The van der Waals surface area contributed by atoms with Crippen molar-refractivity contribution in [3.8, 4) is 0 Å². The van der Waals surface area contributed by atoms with Gasteiger partial charge in [-0.25, -0.2) is 0 Å². The molecule has 2 rings (SSSR count). The van der Waals surface area contributed by atoms with Crippen LogP contribution in [0.4, 0.5) is 5.69 Å². The Bertz CT molecular complexity index is 497. The van der Waals surface area contributed by atoms with Crippen LogP contribution in [0.3, 0.4) is 0 Å². The number of hydrogen-bond donors (Lipinski definition) is 1. The maximum absolute atomic E-state index is 12.3. The minimum atomic E-state index is 0.0829. The summed E-state index contributed by atoms with van der Waals surface area (Å²) in [6, 6.07) is 5.86. The van der Waals surface area contributed by atoms with Gasteiger partial charge in [0.2, 0.25) is 5.91 Å². The Morgan fingerprint density at radius 1 is 1.28 bits per heavy atom. The molecule has 0 heterocycles. The number of carbonyl (C=O) groups excluding carboxylic acids is 1. The molecule has 1 amide bonds. The lowest BCUT2D eigenvalue weighted by molar-refractivity contribution is -0.118. The first kappa shape index (κ1) is 14.3. The van der Waals surface area contributed by atoms with E-state index in [2.05, 4.69) is 71.5 Å². The van der Waals surface area contributed by atoms with Crippen molar-refractivity contribution < 1.29 is 4.79 Å². The van der Waals surface area contributed by atoms with Crippen LogP contribution in [0.25, 0.3) is 0 Å². The van der Waals surface area contributed by atoms with Gasteiger partial charge in [0.15, 0.2) is 0 Å². The second kappa shape index (κ2) is 4.47. The third-order valence-corrected chi connectivity index (χ3v) is 6.80. The van der Waals surface area contributed by atoms with Crippen molar-refractivity contribution in [1.29, 1.82) is 0 Å². The fourth-order valence-electron chi connectivity index (χ4n) is 2.64. The number of hydrogen-bond acceptors (Lipinski definition) is 1. The second-order valence-electron chi connectivity index (χ2n) is 5.99. The molecule has 1 N–H and O–H groups in total. The van der Waals surface area contributed by atoms with Crippen molar-refractivity contribution in [3.63, 3.8) is 0 Å². The lowest BCUT2D eigenvalue weighted by atomic mass is 10.0. The predicted molar refractivity (Wildman–Crippen MR) is 86.5 cm³/mol. The summed E-state index contributed by atoms with van der Waals surface area (Å²) in [6.45, 7) is 8.62. The number of halogens is 2.